The molecule has 4 atom stereocenters. The zero-order chi connectivity index (χ0) is 8.55. The maximum absolute atomic E-state index is 9.53. The van der Waals surface area contributed by atoms with E-state index in [2.05, 4.69) is 0 Å². The van der Waals surface area contributed by atoms with E-state index >= 15 is 0 Å². The summed E-state index contributed by atoms with van der Waals surface area (Å²) in [4.78, 5) is 0. The summed E-state index contributed by atoms with van der Waals surface area (Å²) in [6.07, 6.45) is 3.48. The van der Waals surface area contributed by atoms with E-state index in [0.29, 0.717) is 5.92 Å². The van der Waals surface area contributed by atoms with Crippen LogP contribution in [-0.2, 0) is 4.74 Å². The van der Waals surface area contributed by atoms with Crippen LogP contribution >= 0.6 is 0 Å². The van der Waals surface area contributed by atoms with E-state index in [4.69, 9.17) is 4.74 Å². The summed E-state index contributed by atoms with van der Waals surface area (Å²) in [5.74, 6) is 2.28. The van der Waals surface area contributed by atoms with Crippen molar-refractivity contribution >= 4 is 0 Å². The second-order valence-corrected chi connectivity index (χ2v) is 4.04. The van der Waals surface area contributed by atoms with E-state index in [0.717, 1.165) is 31.5 Å². The van der Waals surface area contributed by atoms with Gasteiger partial charge in [0.25, 0.3) is 0 Å². The van der Waals surface area contributed by atoms with Crippen LogP contribution in [0.3, 0.4) is 0 Å². The third kappa shape index (κ3) is 1.38. The Hall–Kier alpha value is -0.0800. The van der Waals surface area contributed by atoms with Gasteiger partial charge in [0.2, 0.25) is 0 Å². The van der Waals surface area contributed by atoms with E-state index in [9.17, 15) is 5.11 Å². The zero-order valence-electron chi connectivity index (χ0n) is 7.70. The molecule has 0 radical (unpaired) electrons. The average molecular weight is 170 g/mol. The number of hydrogen-bond acceptors (Lipinski definition) is 2. The van der Waals surface area contributed by atoms with Crippen LogP contribution in [0.25, 0.3) is 0 Å². The van der Waals surface area contributed by atoms with Gasteiger partial charge in [-0.15, -0.1) is 0 Å². The monoisotopic (exact) mass is 170 g/mol. The van der Waals surface area contributed by atoms with Crippen LogP contribution in [0, 0.1) is 17.8 Å². The molecule has 2 fully saturated rings. The summed E-state index contributed by atoms with van der Waals surface area (Å²) in [6, 6.07) is 0. The molecule has 0 spiro atoms. The highest BCUT2D eigenvalue weighted by Crippen LogP contribution is 2.58. The molecule has 0 saturated heterocycles. The molecule has 0 bridgehead atoms. The molecule has 0 amide bonds. The lowest BCUT2D eigenvalue weighted by Gasteiger charge is -2.07. The lowest BCUT2D eigenvalue weighted by Crippen LogP contribution is -2.08. The largest absolute Gasteiger partial charge is 0.393 e. The van der Waals surface area contributed by atoms with Gasteiger partial charge < -0.3 is 9.84 Å². The second kappa shape index (κ2) is 3.35. The van der Waals surface area contributed by atoms with Crippen LogP contribution in [-0.4, -0.2) is 24.4 Å². The summed E-state index contributed by atoms with van der Waals surface area (Å²) in [5.41, 5.74) is 0. The Bertz CT molecular complexity index is 158. The molecule has 2 rings (SSSR count). The van der Waals surface area contributed by atoms with Crippen LogP contribution in [0.1, 0.15) is 26.2 Å². The van der Waals surface area contributed by atoms with Crippen molar-refractivity contribution in [3.05, 3.63) is 0 Å². The number of fused-ring (bicyclic) bond motifs is 1. The van der Waals surface area contributed by atoms with Crippen molar-refractivity contribution in [3.63, 3.8) is 0 Å². The van der Waals surface area contributed by atoms with Gasteiger partial charge in [-0.05, 0) is 43.9 Å². The van der Waals surface area contributed by atoms with Gasteiger partial charge in [-0.2, -0.15) is 0 Å². The molecule has 2 saturated carbocycles. The van der Waals surface area contributed by atoms with Crippen molar-refractivity contribution in [2.45, 2.75) is 32.3 Å². The summed E-state index contributed by atoms with van der Waals surface area (Å²) in [7, 11) is 0. The third-order valence-electron chi connectivity index (χ3n) is 3.44. The van der Waals surface area contributed by atoms with Crippen molar-refractivity contribution in [1.82, 2.24) is 0 Å². The Labute approximate surface area is 73.9 Å². The molecule has 2 heteroatoms. The smallest absolute Gasteiger partial charge is 0.0574 e. The van der Waals surface area contributed by atoms with Crippen LogP contribution in [0.15, 0.2) is 0 Å². The highest BCUT2D eigenvalue weighted by Gasteiger charge is 2.56. The fraction of sp³-hybridized carbons (Fsp3) is 1.00. The summed E-state index contributed by atoms with van der Waals surface area (Å²) >= 11 is 0. The Morgan fingerprint density at radius 3 is 2.83 bits per heavy atom. The highest BCUT2D eigenvalue weighted by atomic mass is 16.5. The fourth-order valence-electron chi connectivity index (χ4n) is 2.78. The van der Waals surface area contributed by atoms with Gasteiger partial charge in [0.1, 0.15) is 0 Å². The van der Waals surface area contributed by atoms with E-state index in [1.165, 1.54) is 12.8 Å². The van der Waals surface area contributed by atoms with Gasteiger partial charge in [-0.3, -0.25) is 0 Å². The zero-order valence-corrected chi connectivity index (χ0v) is 7.70. The Kier molecular flexibility index (Phi) is 2.37. The molecule has 12 heavy (non-hydrogen) atoms. The minimum absolute atomic E-state index is 0.0154. The summed E-state index contributed by atoms with van der Waals surface area (Å²) < 4.78 is 5.30. The fourth-order valence-corrected chi connectivity index (χ4v) is 2.78. The lowest BCUT2D eigenvalue weighted by atomic mass is 10.1. The van der Waals surface area contributed by atoms with E-state index in [1.54, 1.807) is 0 Å². The molecule has 1 N–H and O–H groups in total. The first kappa shape index (κ1) is 8.52. The lowest BCUT2D eigenvalue weighted by molar-refractivity contribution is 0.121. The number of ether oxygens (including phenoxy) is 1. The standard InChI is InChI=1S/C10H18O2/c1-2-12-6-5-8-7-3-4-9(11)10(7)8/h7-11H,2-6H2,1H3/t7-,8?,9?,10-/m0/s1. The normalized spacial score (nSPS) is 44.5. The first-order valence-electron chi connectivity index (χ1n) is 5.10. The van der Waals surface area contributed by atoms with Crippen molar-refractivity contribution in [2.75, 3.05) is 13.2 Å². The topological polar surface area (TPSA) is 29.5 Å². The maximum atomic E-state index is 9.53. The third-order valence-corrected chi connectivity index (χ3v) is 3.44. The van der Waals surface area contributed by atoms with Crippen LogP contribution in [0.2, 0.25) is 0 Å². The highest BCUT2D eigenvalue weighted by molar-refractivity contribution is 5.05. The van der Waals surface area contributed by atoms with Crippen LogP contribution in [0.5, 0.6) is 0 Å². The van der Waals surface area contributed by atoms with Gasteiger partial charge in [0, 0.05) is 13.2 Å². The van der Waals surface area contributed by atoms with E-state index in [1.807, 2.05) is 6.92 Å². The Morgan fingerprint density at radius 2 is 2.25 bits per heavy atom. The molecule has 0 aromatic rings. The van der Waals surface area contributed by atoms with Crippen LogP contribution in [0.4, 0.5) is 0 Å². The number of hydrogen-bond donors (Lipinski definition) is 1. The van der Waals surface area contributed by atoms with Gasteiger partial charge >= 0.3 is 0 Å². The maximum Gasteiger partial charge on any atom is 0.0574 e. The Morgan fingerprint density at radius 1 is 1.42 bits per heavy atom. The minimum Gasteiger partial charge on any atom is -0.393 e. The van der Waals surface area contributed by atoms with Crippen molar-refractivity contribution < 1.29 is 9.84 Å². The molecular weight excluding hydrogens is 152 g/mol. The van der Waals surface area contributed by atoms with Gasteiger partial charge in [-0.1, -0.05) is 0 Å². The van der Waals surface area contributed by atoms with E-state index < -0.39 is 0 Å². The number of aliphatic hydroxyl groups excluding tert-OH is 1. The number of rotatable bonds is 4. The Balaban J connectivity index is 1.67. The molecule has 0 aromatic carbocycles. The average Bonchev–Trinajstić information content (AvgIpc) is 2.62. The van der Waals surface area contributed by atoms with Gasteiger partial charge in [-0.25, -0.2) is 0 Å². The molecule has 0 aromatic heterocycles. The molecule has 2 aliphatic rings. The molecule has 70 valence electrons. The van der Waals surface area contributed by atoms with Crippen molar-refractivity contribution in [1.29, 1.82) is 0 Å². The van der Waals surface area contributed by atoms with Gasteiger partial charge in [0.15, 0.2) is 0 Å². The predicted octanol–water partition coefficient (Wildman–Crippen LogP) is 1.43. The molecule has 2 nitrogen and oxygen atoms in total. The predicted molar refractivity (Wildman–Crippen MR) is 46.8 cm³/mol. The van der Waals surface area contributed by atoms with Crippen molar-refractivity contribution in [2.24, 2.45) is 17.8 Å². The second-order valence-electron chi connectivity index (χ2n) is 4.04. The first-order chi connectivity index (χ1) is 5.84. The van der Waals surface area contributed by atoms with E-state index in [-0.39, 0.29) is 6.10 Å². The number of aliphatic hydroxyl groups is 1. The molecule has 0 aliphatic heterocycles. The summed E-state index contributed by atoms with van der Waals surface area (Å²) in [5, 5.41) is 9.53. The molecule has 2 aliphatic carbocycles. The summed E-state index contributed by atoms with van der Waals surface area (Å²) in [6.45, 7) is 3.74. The van der Waals surface area contributed by atoms with Crippen LogP contribution < -0.4 is 0 Å². The molecule has 2 unspecified atom stereocenters. The van der Waals surface area contributed by atoms with Crippen molar-refractivity contribution in [3.8, 4) is 0 Å². The van der Waals surface area contributed by atoms with Gasteiger partial charge in [0.05, 0.1) is 6.10 Å². The molecular formula is C10H18O2. The molecule has 0 heterocycles. The minimum atomic E-state index is 0.0154. The SMILES string of the molecule is CCOCCC1[C@H]2C(O)CC[C@@H]12. The first-order valence-corrected chi connectivity index (χ1v) is 5.10. The quantitative estimate of drug-likeness (QED) is 0.647.